The van der Waals surface area contributed by atoms with E-state index in [1.807, 2.05) is 0 Å². The fraction of sp³-hybridized carbons (Fsp3) is 0.471. The number of aromatic amines is 1. The van der Waals surface area contributed by atoms with Gasteiger partial charge in [-0.25, -0.2) is 18.5 Å². The van der Waals surface area contributed by atoms with E-state index in [1.165, 1.54) is 6.07 Å². The molecule has 1 fully saturated rings. The fourth-order valence-electron chi connectivity index (χ4n) is 3.05. The lowest BCUT2D eigenvalue weighted by Crippen LogP contribution is -2.46. The van der Waals surface area contributed by atoms with Gasteiger partial charge in [-0.3, -0.25) is 4.98 Å². The first kappa shape index (κ1) is 19.1. The van der Waals surface area contributed by atoms with E-state index in [0.717, 1.165) is 5.56 Å². The van der Waals surface area contributed by atoms with Gasteiger partial charge in [-0.05, 0) is 38.7 Å². The second-order valence-corrected chi connectivity index (χ2v) is 6.76. The molecule has 2 N–H and O–H groups in total. The summed E-state index contributed by atoms with van der Waals surface area (Å²) in [5.74, 6) is -1.61. The Hall–Kier alpha value is -2.65. The van der Waals surface area contributed by atoms with Crippen LogP contribution >= 0.6 is 0 Å². The number of anilines is 1. The molecule has 0 aliphatic heterocycles. The van der Waals surface area contributed by atoms with E-state index in [-0.39, 0.29) is 16.1 Å². The minimum absolute atomic E-state index is 0.112. The number of alkyl halides is 3. The Balaban J connectivity index is 1.92. The third kappa shape index (κ3) is 4.04. The van der Waals surface area contributed by atoms with E-state index < -0.39 is 41.4 Å². The van der Waals surface area contributed by atoms with Gasteiger partial charge >= 0.3 is 17.6 Å². The molecule has 0 unspecified atom stereocenters. The van der Waals surface area contributed by atoms with Crippen molar-refractivity contribution in [2.75, 3.05) is 5.32 Å². The summed E-state index contributed by atoms with van der Waals surface area (Å²) in [5.41, 5.74) is -1.43. The molecule has 1 saturated carbocycles. The topological polar surface area (TPSA) is 79.8 Å². The number of hydrogen-bond acceptors (Lipinski definition) is 4. The van der Waals surface area contributed by atoms with Crippen molar-refractivity contribution in [2.24, 2.45) is 5.92 Å². The Kier molecular flexibility index (Phi) is 4.83. The quantitative estimate of drug-likeness (QED) is 0.774. The molecule has 0 saturated heterocycles. The summed E-state index contributed by atoms with van der Waals surface area (Å²) in [6.45, 7) is 3.35. The standard InChI is InChI=1S/C17H18F4N4O2/c1-8-3-6-12(18)11(7-8)9(2)22-14-23-15(26)25(16(27)24-14)13(10-4-5-10)17(19,20)21/h3,6-7,9-10,13H,4-5H2,1-2H3,(H2,22,23,24,26,27)/t9-,13+/m0/s1. The van der Waals surface area contributed by atoms with Gasteiger partial charge in [0.25, 0.3) is 0 Å². The molecule has 0 amide bonds. The van der Waals surface area contributed by atoms with Gasteiger partial charge in [0.2, 0.25) is 5.95 Å². The van der Waals surface area contributed by atoms with Crippen LogP contribution in [0.3, 0.4) is 0 Å². The molecule has 146 valence electrons. The van der Waals surface area contributed by atoms with Gasteiger partial charge in [-0.1, -0.05) is 17.7 Å². The van der Waals surface area contributed by atoms with Crippen LogP contribution in [0.5, 0.6) is 0 Å². The van der Waals surface area contributed by atoms with Crippen molar-refractivity contribution in [2.45, 2.75) is 44.9 Å². The van der Waals surface area contributed by atoms with Gasteiger partial charge in [0.05, 0.1) is 6.04 Å². The highest BCUT2D eigenvalue weighted by molar-refractivity contribution is 5.33. The lowest BCUT2D eigenvalue weighted by Gasteiger charge is -2.21. The maximum absolute atomic E-state index is 14.0. The molecule has 2 aromatic rings. The minimum atomic E-state index is -4.73. The van der Waals surface area contributed by atoms with Crippen LogP contribution in [-0.2, 0) is 0 Å². The van der Waals surface area contributed by atoms with E-state index in [2.05, 4.69) is 15.3 Å². The normalized spacial score (nSPS) is 16.8. The highest BCUT2D eigenvalue weighted by Crippen LogP contribution is 2.47. The third-order valence-electron chi connectivity index (χ3n) is 4.51. The summed E-state index contributed by atoms with van der Waals surface area (Å²) >= 11 is 0. The Labute approximate surface area is 151 Å². The molecule has 0 bridgehead atoms. The molecule has 6 nitrogen and oxygen atoms in total. The Morgan fingerprint density at radius 3 is 2.52 bits per heavy atom. The number of nitrogens with zero attached hydrogens (tertiary/aromatic N) is 2. The van der Waals surface area contributed by atoms with Crippen LogP contribution in [0.15, 0.2) is 27.8 Å². The van der Waals surface area contributed by atoms with Crippen LogP contribution in [0.4, 0.5) is 23.5 Å². The predicted octanol–water partition coefficient (Wildman–Crippen LogP) is 3.07. The molecule has 3 rings (SSSR count). The number of halogens is 4. The first-order valence-corrected chi connectivity index (χ1v) is 8.40. The lowest BCUT2D eigenvalue weighted by atomic mass is 10.1. The van der Waals surface area contributed by atoms with Crippen molar-refractivity contribution >= 4 is 5.95 Å². The van der Waals surface area contributed by atoms with Crippen LogP contribution < -0.4 is 16.7 Å². The Bertz CT molecular complexity index is 931. The van der Waals surface area contributed by atoms with Gasteiger partial charge in [0, 0.05) is 5.56 Å². The molecule has 0 radical (unpaired) electrons. The second kappa shape index (κ2) is 6.82. The van der Waals surface area contributed by atoms with Crippen molar-refractivity contribution in [3.63, 3.8) is 0 Å². The number of benzene rings is 1. The highest BCUT2D eigenvalue weighted by Gasteiger charge is 2.51. The van der Waals surface area contributed by atoms with Crippen LogP contribution in [0.25, 0.3) is 0 Å². The first-order valence-electron chi connectivity index (χ1n) is 8.40. The highest BCUT2D eigenvalue weighted by atomic mass is 19.4. The number of H-pyrrole nitrogens is 1. The van der Waals surface area contributed by atoms with E-state index in [9.17, 15) is 27.2 Å². The Morgan fingerprint density at radius 2 is 1.96 bits per heavy atom. The number of hydrogen-bond donors (Lipinski definition) is 2. The zero-order chi connectivity index (χ0) is 19.9. The predicted molar refractivity (Wildman–Crippen MR) is 90.1 cm³/mol. The van der Waals surface area contributed by atoms with Crippen molar-refractivity contribution in [3.05, 3.63) is 56.1 Å². The monoisotopic (exact) mass is 386 g/mol. The largest absolute Gasteiger partial charge is 0.409 e. The molecule has 1 aromatic carbocycles. The van der Waals surface area contributed by atoms with Gasteiger partial charge in [0.15, 0.2) is 0 Å². The van der Waals surface area contributed by atoms with Crippen LogP contribution in [-0.4, -0.2) is 20.7 Å². The first-order chi connectivity index (χ1) is 12.6. The van der Waals surface area contributed by atoms with E-state index in [1.54, 1.807) is 26.0 Å². The number of aromatic nitrogens is 3. The van der Waals surface area contributed by atoms with Gasteiger partial charge in [-0.15, -0.1) is 0 Å². The van der Waals surface area contributed by atoms with Gasteiger partial charge < -0.3 is 5.32 Å². The second-order valence-electron chi connectivity index (χ2n) is 6.76. The average Bonchev–Trinajstić information content (AvgIpc) is 3.36. The zero-order valence-corrected chi connectivity index (χ0v) is 14.6. The van der Waals surface area contributed by atoms with E-state index >= 15 is 0 Å². The summed E-state index contributed by atoms with van der Waals surface area (Å²) in [6, 6.07) is 1.58. The summed E-state index contributed by atoms with van der Waals surface area (Å²) in [5, 5.41) is 2.66. The molecule has 10 heteroatoms. The number of aryl methyl sites for hydroxylation is 1. The molecular formula is C17H18F4N4O2. The molecule has 0 spiro atoms. The van der Waals surface area contributed by atoms with Crippen molar-refractivity contribution in [3.8, 4) is 0 Å². The fourth-order valence-corrected chi connectivity index (χ4v) is 3.05. The van der Waals surface area contributed by atoms with Crippen molar-refractivity contribution in [1.82, 2.24) is 14.5 Å². The van der Waals surface area contributed by atoms with Crippen LogP contribution in [0.1, 0.15) is 43.0 Å². The SMILES string of the molecule is Cc1ccc(F)c([C@H](C)Nc2nc(=O)n([C@H](C3CC3)C(F)(F)F)c(=O)[nH]2)c1. The average molecular weight is 386 g/mol. The van der Waals surface area contributed by atoms with Crippen LogP contribution in [0, 0.1) is 18.7 Å². The Morgan fingerprint density at radius 1 is 1.30 bits per heavy atom. The maximum atomic E-state index is 14.0. The van der Waals surface area contributed by atoms with E-state index in [0.29, 0.717) is 12.8 Å². The smallest absolute Gasteiger partial charge is 0.349 e. The summed E-state index contributed by atoms with van der Waals surface area (Å²) in [4.78, 5) is 30.0. The molecule has 1 aliphatic rings. The summed E-state index contributed by atoms with van der Waals surface area (Å²) < 4.78 is 53.9. The number of rotatable bonds is 5. The summed E-state index contributed by atoms with van der Waals surface area (Å²) in [7, 11) is 0. The molecule has 1 aliphatic carbocycles. The van der Waals surface area contributed by atoms with Gasteiger partial charge in [-0.2, -0.15) is 18.2 Å². The third-order valence-corrected chi connectivity index (χ3v) is 4.51. The van der Waals surface area contributed by atoms with Gasteiger partial charge in [0.1, 0.15) is 11.9 Å². The van der Waals surface area contributed by atoms with E-state index in [4.69, 9.17) is 0 Å². The molecule has 2 atom stereocenters. The molecule has 1 aromatic heterocycles. The molecule has 1 heterocycles. The van der Waals surface area contributed by atoms with Crippen LogP contribution in [0.2, 0.25) is 0 Å². The molecular weight excluding hydrogens is 368 g/mol. The zero-order valence-electron chi connectivity index (χ0n) is 14.6. The minimum Gasteiger partial charge on any atom is -0.349 e. The van der Waals surface area contributed by atoms with Crippen molar-refractivity contribution in [1.29, 1.82) is 0 Å². The number of nitrogens with one attached hydrogen (secondary N) is 2. The lowest BCUT2D eigenvalue weighted by molar-refractivity contribution is -0.175. The molecule has 27 heavy (non-hydrogen) atoms. The van der Waals surface area contributed by atoms with Crippen molar-refractivity contribution < 1.29 is 17.6 Å². The maximum Gasteiger partial charge on any atom is 0.409 e. The summed E-state index contributed by atoms with van der Waals surface area (Å²) in [6.07, 6.45) is -4.15.